The van der Waals surface area contributed by atoms with E-state index >= 15 is 0 Å². The lowest BCUT2D eigenvalue weighted by Crippen LogP contribution is -2.14. The lowest BCUT2D eigenvalue weighted by molar-refractivity contribution is 0.306. The second-order valence-corrected chi connectivity index (χ2v) is 5.38. The summed E-state index contributed by atoms with van der Waals surface area (Å²) in [6, 6.07) is 16.0. The van der Waals surface area contributed by atoms with Crippen molar-refractivity contribution in [3.05, 3.63) is 64.7 Å². The average molecular weight is 290 g/mol. The first-order chi connectivity index (χ1) is 9.69. The van der Waals surface area contributed by atoms with Gasteiger partial charge in [-0.2, -0.15) is 0 Å². The Bertz CT molecular complexity index is 522. The minimum absolute atomic E-state index is 0.520. The molecular formula is C17H20ClNO. The SMILES string of the molecule is CNCC(C)c1ccc(COc2ccc(Cl)cc2)cc1. The van der Waals surface area contributed by atoms with Crippen LogP contribution < -0.4 is 10.1 Å². The van der Waals surface area contributed by atoms with E-state index in [1.54, 1.807) is 0 Å². The lowest BCUT2D eigenvalue weighted by atomic mass is 10.00. The van der Waals surface area contributed by atoms with Gasteiger partial charge in [0.1, 0.15) is 12.4 Å². The van der Waals surface area contributed by atoms with Gasteiger partial charge in [0, 0.05) is 11.6 Å². The third kappa shape index (κ3) is 4.26. The van der Waals surface area contributed by atoms with E-state index < -0.39 is 0 Å². The van der Waals surface area contributed by atoms with Gasteiger partial charge < -0.3 is 10.1 Å². The van der Waals surface area contributed by atoms with Gasteiger partial charge in [0.05, 0.1) is 0 Å². The van der Waals surface area contributed by atoms with Gasteiger partial charge in [-0.3, -0.25) is 0 Å². The molecule has 3 heteroatoms. The van der Waals surface area contributed by atoms with Crippen molar-refractivity contribution in [2.75, 3.05) is 13.6 Å². The first-order valence-corrected chi connectivity index (χ1v) is 7.18. The second kappa shape index (κ2) is 7.32. The molecule has 0 bridgehead atoms. The fourth-order valence-electron chi connectivity index (χ4n) is 2.06. The molecule has 0 fully saturated rings. The molecule has 2 aromatic rings. The van der Waals surface area contributed by atoms with Crippen molar-refractivity contribution in [3.8, 4) is 5.75 Å². The molecule has 20 heavy (non-hydrogen) atoms. The first-order valence-electron chi connectivity index (χ1n) is 6.81. The van der Waals surface area contributed by atoms with Crippen LogP contribution in [0.1, 0.15) is 24.0 Å². The van der Waals surface area contributed by atoms with Gasteiger partial charge >= 0.3 is 0 Å². The topological polar surface area (TPSA) is 21.3 Å². The minimum atomic E-state index is 0.520. The number of likely N-dealkylation sites (N-methyl/N-ethyl adjacent to an activating group) is 1. The molecule has 2 rings (SSSR count). The normalized spacial score (nSPS) is 12.2. The van der Waals surface area contributed by atoms with Crippen molar-refractivity contribution in [1.29, 1.82) is 0 Å². The molecular weight excluding hydrogens is 270 g/mol. The Hall–Kier alpha value is -1.51. The fourth-order valence-corrected chi connectivity index (χ4v) is 2.19. The van der Waals surface area contributed by atoms with Crippen LogP contribution in [-0.2, 0) is 6.61 Å². The zero-order valence-electron chi connectivity index (χ0n) is 11.9. The van der Waals surface area contributed by atoms with Crippen molar-refractivity contribution in [2.45, 2.75) is 19.4 Å². The maximum absolute atomic E-state index is 5.84. The second-order valence-electron chi connectivity index (χ2n) is 4.94. The average Bonchev–Trinajstić information content (AvgIpc) is 2.47. The zero-order valence-corrected chi connectivity index (χ0v) is 12.7. The summed E-state index contributed by atoms with van der Waals surface area (Å²) in [5.41, 5.74) is 2.51. The van der Waals surface area contributed by atoms with Gasteiger partial charge in [0.25, 0.3) is 0 Å². The molecule has 0 aliphatic rings. The van der Waals surface area contributed by atoms with Crippen LogP contribution >= 0.6 is 11.6 Å². The van der Waals surface area contributed by atoms with Gasteiger partial charge in [0.15, 0.2) is 0 Å². The zero-order chi connectivity index (χ0) is 14.4. The molecule has 2 aromatic carbocycles. The van der Waals surface area contributed by atoms with Gasteiger partial charge in [-0.15, -0.1) is 0 Å². The van der Waals surface area contributed by atoms with Crippen molar-refractivity contribution in [3.63, 3.8) is 0 Å². The summed E-state index contributed by atoms with van der Waals surface area (Å²) in [6.45, 7) is 3.78. The highest BCUT2D eigenvalue weighted by Gasteiger charge is 2.04. The van der Waals surface area contributed by atoms with E-state index in [4.69, 9.17) is 16.3 Å². The fraction of sp³-hybridized carbons (Fsp3) is 0.294. The molecule has 0 aliphatic heterocycles. The van der Waals surface area contributed by atoms with Crippen LogP contribution in [-0.4, -0.2) is 13.6 Å². The molecule has 0 heterocycles. The monoisotopic (exact) mass is 289 g/mol. The summed E-state index contributed by atoms with van der Waals surface area (Å²) in [5, 5.41) is 3.92. The molecule has 1 atom stereocenters. The van der Waals surface area contributed by atoms with E-state index in [0.29, 0.717) is 12.5 Å². The summed E-state index contributed by atoms with van der Waals surface area (Å²) >= 11 is 5.84. The highest BCUT2D eigenvalue weighted by atomic mass is 35.5. The Morgan fingerprint density at radius 1 is 1.05 bits per heavy atom. The van der Waals surface area contributed by atoms with E-state index in [9.17, 15) is 0 Å². The summed E-state index contributed by atoms with van der Waals surface area (Å²) in [5.74, 6) is 1.35. The number of rotatable bonds is 6. The molecule has 0 saturated heterocycles. The molecule has 0 amide bonds. The maximum Gasteiger partial charge on any atom is 0.119 e. The first kappa shape index (κ1) is 14.9. The molecule has 106 valence electrons. The van der Waals surface area contributed by atoms with E-state index in [2.05, 4.69) is 36.5 Å². The Kier molecular flexibility index (Phi) is 5.45. The summed E-state index contributed by atoms with van der Waals surface area (Å²) in [6.07, 6.45) is 0. The molecule has 1 unspecified atom stereocenters. The Labute approximate surface area is 125 Å². The molecule has 0 aromatic heterocycles. The van der Waals surface area contributed by atoms with Crippen LogP contribution in [0.25, 0.3) is 0 Å². The quantitative estimate of drug-likeness (QED) is 0.859. The Balaban J connectivity index is 1.92. The summed E-state index contributed by atoms with van der Waals surface area (Å²) < 4.78 is 5.72. The van der Waals surface area contributed by atoms with Gasteiger partial charge in [0.2, 0.25) is 0 Å². The van der Waals surface area contributed by atoms with Crippen molar-refractivity contribution >= 4 is 11.6 Å². The molecule has 1 N–H and O–H groups in total. The van der Waals surface area contributed by atoms with Crippen molar-refractivity contribution < 1.29 is 4.74 Å². The van der Waals surface area contributed by atoms with Crippen LogP contribution in [0.15, 0.2) is 48.5 Å². The number of hydrogen-bond acceptors (Lipinski definition) is 2. The molecule has 0 aliphatic carbocycles. The van der Waals surface area contributed by atoms with Crippen LogP contribution in [0, 0.1) is 0 Å². The summed E-state index contributed by atoms with van der Waals surface area (Å²) in [7, 11) is 1.98. The number of ether oxygens (including phenoxy) is 1. The van der Waals surface area contributed by atoms with Gasteiger partial charge in [-0.05, 0) is 48.4 Å². The van der Waals surface area contributed by atoms with E-state index in [-0.39, 0.29) is 0 Å². The third-order valence-corrected chi connectivity index (χ3v) is 3.53. The number of benzene rings is 2. The van der Waals surface area contributed by atoms with Gasteiger partial charge in [-0.1, -0.05) is 42.8 Å². The third-order valence-electron chi connectivity index (χ3n) is 3.28. The Morgan fingerprint density at radius 3 is 2.30 bits per heavy atom. The molecule has 0 saturated carbocycles. The van der Waals surface area contributed by atoms with Crippen molar-refractivity contribution in [1.82, 2.24) is 5.32 Å². The predicted molar refractivity (Wildman–Crippen MR) is 84.6 cm³/mol. The van der Waals surface area contributed by atoms with E-state index in [1.807, 2.05) is 31.3 Å². The molecule has 0 radical (unpaired) electrons. The predicted octanol–water partition coefficient (Wildman–Crippen LogP) is 4.24. The maximum atomic E-state index is 5.84. The van der Waals surface area contributed by atoms with Gasteiger partial charge in [-0.25, -0.2) is 0 Å². The number of halogens is 1. The van der Waals surface area contributed by atoms with Crippen LogP contribution in [0.5, 0.6) is 5.75 Å². The van der Waals surface area contributed by atoms with Crippen LogP contribution in [0.2, 0.25) is 5.02 Å². The smallest absolute Gasteiger partial charge is 0.119 e. The Morgan fingerprint density at radius 2 is 1.70 bits per heavy atom. The van der Waals surface area contributed by atoms with Crippen molar-refractivity contribution in [2.24, 2.45) is 0 Å². The molecule has 2 nitrogen and oxygen atoms in total. The summed E-state index contributed by atoms with van der Waals surface area (Å²) in [4.78, 5) is 0. The number of nitrogens with one attached hydrogen (secondary N) is 1. The van der Waals surface area contributed by atoms with E-state index in [0.717, 1.165) is 17.3 Å². The lowest BCUT2D eigenvalue weighted by Gasteiger charge is -2.12. The molecule has 0 spiro atoms. The highest BCUT2D eigenvalue weighted by Crippen LogP contribution is 2.18. The van der Waals surface area contributed by atoms with E-state index in [1.165, 1.54) is 11.1 Å². The van der Waals surface area contributed by atoms with Crippen LogP contribution in [0.4, 0.5) is 0 Å². The highest BCUT2D eigenvalue weighted by molar-refractivity contribution is 6.30. The number of hydrogen-bond donors (Lipinski definition) is 1. The largest absolute Gasteiger partial charge is 0.489 e. The standard InChI is InChI=1S/C17H20ClNO/c1-13(11-19-2)15-5-3-14(4-6-15)12-20-17-9-7-16(18)8-10-17/h3-10,13,19H,11-12H2,1-2H3. The van der Waals surface area contributed by atoms with Crippen LogP contribution in [0.3, 0.4) is 0 Å². The minimum Gasteiger partial charge on any atom is -0.489 e.